The van der Waals surface area contributed by atoms with Crippen LogP contribution in [0.1, 0.15) is 44.9 Å². The number of amidine groups is 1. The van der Waals surface area contributed by atoms with Crippen LogP contribution in [0.4, 0.5) is 31.9 Å². The molecule has 13 heterocycles. The van der Waals surface area contributed by atoms with Gasteiger partial charge in [0.2, 0.25) is 11.8 Å². The number of carbonyl (C=O) groups is 5. The van der Waals surface area contributed by atoms with Gasteiger partial charge in [0.25, 0.3) is 6.02 Å². The summed E-state index contributed by atoms with van der Waals surface area (Å²) in [6, 6.07) is 0.662. The Labute approximate surface area is 572 Å². The summed E-state index contributed by atoms with van der Waals surface area (Å²) in [7, 11) is 27.0. The van der Waals surface area contributed by atoms with Gasteiger partial charge in [0.1, 0.15) is 13.2 Å². The lowest BCUT2D eigenvalue weighted by Crippen LogP contribution is -2.38. The molecule has 32 heteroatoms. The predicted octanol–water partition coefficient (Wildman–Crippen LogP) is 3.45. The van der Waals surface area contributed by atoms with Crippen LogP contribution >= 0.6 is 0 Å². The number of cyclic esters (lactones) is 1. The van der Waals surface area contributed by atoms with Gasteiger partial charge in [-0.3, -0.25) is 24.4 Å². The van der Waals surface area contributed by atoms with Crippen molar-refractivity contribution >= 4 is 52.2 Å². The fourth-order valence-electron chi connectivity index (χ4n) is 8.99. The molecule has 13 aliphatic rings. The Hall–Kier alpha value is -5.90. The first-order valence-corrected chi connectivity index (χ1v) is 34.9. The normalized spacial score (nSPS) is 23.1. The SMILES string of the molecule is C=C1C=CC=CN1C.CN1C=NCC1.CN1CC(=O)N(C)C1=O.CN1CC(F)(F)C(F)(F)C1.CN1CC1.CN1CCCC1.CN1CCCC1=O.CN1CCCCC1.CN1CCN(C)C1=O.CN1CCOC1=O.CN1CCOCC1.CN1CCS(=O)(=O)CC1.COC1=NCCN1C. The van der Waals surface area contributed by atoms with Gasteiger partial charge in [0.05, 0.1) is 70.9 Å². The van der Waals surface area contributed by atoms with E-state index in [1.165, 1.54) is 90.4 Å². The molecule has 27 nitrogen and oxygen atoms in total. The number of aliphatic imine (C=N–C) groups is 2. The number of likely N-dealkylation sites (tertiary alicyclic amines) is 4. The first-order chi connectivity index (χ1) is 45.0. The predicted molar refractivity (Wildman–Crippen MR) is 373 cm³/mol. The second kappa shape index (κ2) is 47.2. The molecule has 0 saturated carbocycles. The molecule has 556 valence electrons. The van der Waals surface area contributed by atoms with Crippen LogP contribution in [-0.2, 0) is 33.6 Å². The minimum atomic E-state index is -3.85. The number of rotatable bonds is 0. The Bertz CT molecular complexity index is 2420. The average molecular weight is 1400 g/mol. The number of methoxy groups -OCH3 is 1. The van der Waals surface area contributed by atoms with Gasteiger partial charge in [0.15, 0.2) is 9.84 Å². The van der Waals surface area contributed by atoms with Gasteiger partial charge in [-0.25, -0.2) is 27.8 Å². The molecular weight excluding hydrogens is 1270 g/mol. The zero-order chi connectivity index (χ0) is 72.6. The van der Waals surface area contributed by atoms with Crippen LogP contribution in [0.25, 0.3) is 0 Å². The van der Waals surface area contributed by atoms with E-state index in [-0.39, 0.29) is 30.6 Å². The number of alkyl halides is 4. The van der Waals surface area contributed by atoms with Crippen molar-refractivity contribution in [2.24, 2.45) is 9.98 Å². The second-order valence-electron chi connectivity index (χ2n) is 25.4. The van der Waals surface area contributed by atoms with Crippen LogP contribution < -0.4 is 0 Å². The van der Waals surface area contributed by atoms with Crippen LogP contribution in [0.5, 0.6) is 0 Å². The molecule has 10 saturated heterocycles. The number of urea groups is 2. The number of carbonyl (C=O) groups excluding carboxylic acids is 5. The van der Waals surface area contributed by atoms with E-state index in [0.717, 1.165) is 113 Å². The smallest absolute Gasteiger partial charge is 0.409 e. The molecule has 0 unspecified atom stereocenters. The van der Waals surface area contributed by atoms with E-state index in [2.05, 4.69) is 74.0 Å². The lowest BCUT2D eigenvalue weighted by molar-refractivity contribution is -0.172. The molecular formula is C64H121F4N17O10S. The number of piperidine rings is 1. The Morgan fingerprint density at radius 1 is 0.500 bits per heavy atom. The highest BCUT2D eigenvalue weighted by molar-refractivity contribution is 7.91. The van der Waals surface area contributed by atoms with Gasteiger partial charge in [-0.2, -0.15) is 17.6 Å². The van der Waals surface area contributed by atoms with Crippen molar-refractivity contribution in [3.8, 4) is 0 Å². The number of sulfone groups is 1. The van der Waals surface area contributed by atoms with Crippen LogP contribution in [0, 0.1) is 0 Å². The minimum Gasteiger partial charge on any atom is -0.468 e. The Balaban J connectivity index is 0.000000522. The summed E-state index contributed by atoms with van der Waals surface area (Å²) < 4.78 is 84.8. The standard InChI is InChI=1S/C7H9N.C6H13N.C5H7F4N.C5H8N2O2.2C5H10N2O.C5H11NO2S.C5H11NO.C5H9NO.C5H11N.C4H8N2.C4H7NO2.C3H7N/c1-7-5-3-4-6-8(7)2;1-7-5-3-2-4-6-7;1-10-2-4(6,7)5(8,9)3-10;1-6-3-4(8)7(2)5(6)9;1-7-4-3-6-5(7)8-2;1-6-3-4-7(2)5(6)8;1-6-2-4-9(7,8)5-3-6;1-6-2-4-7-5-3-6;1-6-4-2-3-5(6)7;1-6-4-2-3-5-6;1-6-3-2-5-4-6;1-5-2-3-7-4(5)6;1-4-2-3-4/h3-6H,1H2,2H3;2-6H2,1H3;2-3H2,1H3;3H2,1-2H3;2*3-4H2,1-2H3;2-5H2,1H3;2-5H2,1H3;2-4H2,1H3;2-5H2,1H3;4H,2-3H2,1H3;2-3H2,1H3;2-3H2,1H3. The summed E-state index contributed by atoms with van der Waals surface area (Å²) in [6.07, 6.45) is 18.5. The molecule has 10 fully saturated rings. The molecule has 0 aliphatic carbocycles. The van der Waals surface area contributed by atoms with E-state index in [0.29, 0.717) is 37.1 Å². The summed E-state index contributed by atoms with van der Waals surface area (Å²) in [5, 5.41) is 0. The van der Waals surface area contributed by atoms with Crippen molar-refractivity contribution in [3.63, 3.8) is 0 Å². The third-order valence-corrected chi connectivity index (χ3v) is 17.7. The summed E-state index contributed by atoms with van der Waals surface area (Å²) in [5.41, 5.74) is 1.03. The molecule has 13 aliphatic heterocycles. The van der Waals surface area contributed by atoms with Crippen molar-refractivity contribution < 1.29 is 64.2 Å². The first-order valence-electron chi connectivity index (χ1n) is 33.0. The van der Waals surface area contributed by atoms with E-state index in [1.807, 2.05) is 94.8 Å². The molecule has 0 spiro atoms. The van der Waals surface area contributed by atoms with Crippen LogP contribution in [-0.4, -0.2) is 418 Å². The summed E-state index contributed by atoms with van der Waals surface area (Å²) in [5.74, 6) is -6.86. The molecule has 13 rings (SSSR count). The van der Waals surface area contributed by atoms with Gasteiger partial charge in [-0.1, -0.05) is 19.1 Å². The second-order valence-corrected chi connectivity index (χ2v) is 27.7. The fourth-order valence-corrected chi connectivity index (χ4v) is 10.4. The maximum atomic E-state index is 12.2. The van der Waals surface area contributed by atoms with Crippen molar-refractivity contribution in [2.75, 3.05) is 282 Å². The number of morpholine rings is 1. The first kappa shape index (κ1) is 88.1. The third-order valence-electron chi connectivity index (χ3n) is 16.1. The largest absolute Gasteiger partial charge is 0.468 e. The van der Waals surface area contributed by atoms with Crippen molar-refractivity contribution in [1.82, 2.24) is 73.5 Å². The molecule has 0 radical (unpaired) electrons. The number of imide groups is 1. The van der Waals surface area contributed by atoms with Crippen LogP contribution in [0.3, 0.4) is 0 Å². The zero-order valence-electron chi connectivity index (χ0n) is 61.0. The molecule has 0 aromatic rings. The number of amides is 7. The zero-order valence-corrected chi connectivity index (χ0v) is 61.9. The van der Waals surface area contributed by atoms with Gasteiger partial charge in [0, 0.05) is 154 Å². The molecule has 0 N–H and O–H groups in total. The minimum absolute atomic E-state index is 0.130. The number of hydrogen-bond donors (Lipinski definition) is 0. The van der Waals surface area contributed by atoms with E-state index >= 15 is 0 Å². The Morgan fingerprint density at radius 3 is 1.19 bits per heavy atom. The van der Waals surface area contributed by atoms with Crippen molar-refractivity contribution in [2.45, 2.75) is 56.8 Å². The van der Waals surface area contributed by atoms with E-state index in [1.54, 1.807) is 40.8 Å². The Morgan fingerprint density at radius 2 is 1.00 bits per heavy atom. The number of nitrogens with zero attached hydrogens (tertiary/aromatic N) is 17. The van der Waals surface area contributed by atoms with Crippen LogP contribution in [0.15, 0.2) is 46.7 Å². The highest BCUT2D eigenvalue weighted by atomic mass is 32.2. The van der Waals surface area contributed by atoms with Gasteiger partial charge in [-0.05, 0) is 113 Å². The van der Waals surface area contributed by atoms with Crippen molar-refractivity contribution in [3.05, 3.63) is 36.7 Å². The van der Waals surface area contributed by atoms with Crippen LogP contribution in [0.2, 0.25) is 0 Å². The maximum absolute atomic E-state index is 12.2. The number of ether oxygens (including phenoxy) is 3. The number of halogens is 4. The Kier molecular flexibility index (Phi) is 43.3. The highest BCUT2D eigenvalue weighted by Crippen LogP contribution is 2.40. The molecule has 7 amide bonds. The van der Waals surface area contributed by atoms with Crippen molar-refractivity contribution in [1.29, 1.82) is 0 Å². The maximum Gasteiger partial charge on any atom is 0.409 e. The number of hydrogen-bond acceptors (Lipinski definition) is 21. The topological polar surface area (TPSA) is 220 Å². The van der Waals surface area contributed by atoms with Gasteiger partial charge < -0.3 is 77.9 Å². The summed E-state index contributed by atoms with van der Waals surface area (Å²) in [6.45, 7) is 23.6. The highest BCUT2D eigenvalue weighted by Gasteiger charge is 2.61. The summed E-state index contributed by atoms with van der Waals surface area (Å²) >= 11 is 0. The molecule has 0 aromatic heterocycles. The third kappa shape index (κ3) is 39.5. The monoisotopic (exact) mass is 1400 g/mol. The van der Waals surface area contributed by atoms with Gasteiger partial charge >= 0.3 is 30.0 Å². The lowest BCUT2D eigenvalue weighted by Gasteiger charge is -2.21. The van der Waals surface area contributed by atoms with E-state index < -0.39 is 34.8 Å². The molecule has 96 heavy (non-hydrogen) atoms. The quantitative estimate of drug-likeness (QED) is 0.193. The van der Waals surface area contributed by atoms with Gasteiger partial charge in [-0.15, -0.1) is 0 Å². The van der Waals surface area contributed by atoms with E-state index in [4.69, 9.17) is 9.47 Å². The number of likely N-dealkylation sites (N-methyl/N-ethyl adjacent to an activating group) is 10. The fraction of sp³-hybridized carbons (Fsp3) is 0.797. The number of allylic oxidation sites excluding steroid dienone is 3. The summed E-state index contributed by atoms with van der Waals surface area (Å²) in [4.78, 5) is 88.4. The lowest BCUT2D eigenvalue weighted by atomic mass is 10.1. The molecule has 0 atom stereocenters. The van der Waals surface area contributed by atoms with E-state index in [9.17, 15) is 50.0 Å². The average Bonchev–Trinajstić information content (AvgIpc) is 1.65. The molecule has 0 bridgehead atoms. The molecule has 0 aromatic carbocycles.